The number of carbonyl (C=O) groups excluding carboxylic acids is 1. The number of benzene rings is 1. The normalized spacial score (nSPS) is 21.3. The molecule has 1 aromatic rings. The van der Waals surface area contributed by atoms with E-state index in [-0.39, 0.29) is 11.7 Å². The molecular formula is C12H11ClOS. The van der Waals surface area contributed by atoms with Gasteiger partial charge in [0.25, 0.3) is 0 Å². The van der Waals surface area contributed by atoms with Crippen LogP contribution in [-0.2, 0) is 4.79 Å². The van der Waals surface area contributed by atoms with Crippen molar-refractivity contribution in [3.8, 4) is 0 Å². The Morgan fingerprint density at radius 1 is 1.27 bits per heavy atom. The third kappa shape index (κ3) is 2.44. The van der Waals surface area contributed by atoms with Crippen molar-refractivity contribution in [2.45, 2.75) is 18.8 Å². The molecule has 0 aliphatic heterocycles. The van der Waals surface area contributed by atoms with Crippen LogP contribution >= 0.6 is 24.2 Å². The molecule has 3 heteroatoms. The summed E-state index contributed by atoms with van der Waals surface area (Å²) in [5.74, 6) is 0.319. The minimum atomic E-state index is 0.135. The second-order valence-electron chi connectivity index (χ2n) is 3.73. The van der Waals surface area contributed by atoms with Crippen LogP contribution in [0.25, 0.3) is 0 Å². The average molecular weight is 239 g/mol. The lowest BCUT2D eigenvalue weighted by molar-refractivity contribution is -0.115. The lowest BCUT2D eigenvalue weighted by Gasteiger charge is -2.20. The number of ketones is 1. The number of hydrogen-bond acceptors (Lipinski definition) is 2. The molecule has 15 heavy (non-hydrogen) atoms. The van der Waals surface area contributed by atoms with Crippen molar-refractivity contribution in [2.24, 2.45) is 0 Å². The van der Waals surface area contributed by atoms with Crippen molar-refractivity contribution >= 4 is 30.0 Å². The summed E-state index contributed by atoms with van der Waals surface area (Å²) < 4.78 is 0. The molecule has 0 saturated carbocycles. The van der Waals surface area contributed by atoms with Gasteiger partial charge in [0, 0.05) is 11.4 Å². The van der Waals surface area contributed by atoms with E-state index in [0.717, 1.165) is 21.9 Å². The summed E-state index contributed by atoms with van der Waals surface area (Å²) in [6.07, 6.45) is 2.95. The van der Waals surface area contributed by atoms with Gasteiger partial charge in [-0.3, -0.25) is 4.79 Å². The van der Waals surface area contributed by atoms with E-state index in [0.29, 0.717) is 6.42 Å². The fourth-order valence-corrected chi connectivity index (χ4v) is 2.55. The van der Waals surface area contributed by atoms with Gasteiger partial charge < -0.3 is 0 Å². The summed E-state index contributed by atoms with van der Waals surface area (Å²) in [5.41, 5.74) is 1.05. The van der Waals surface area contributed by atoms with Crippen LogP contribution in [0.4, 0.5) is 0 Å². The van der Waals surface area contributed by atoms with Crippen molar-refractivity contribution in [2.75, 3.05) is 0 Å². The molecule has 1 aliphatic rings. The second kappa shape index (κ2) is 4.42. The van der Waals surface area contributed by atoms with Gasteiger partial charge in [-0.25, -0.2) is 0 Å². The van der Waals surface area contributed by atoms with Crippen LogP contribution in [0.5, 0.6) is 0 Å². The molecule has 0 fully saturated rings. The quantitative estimate of drug-likeness (QED) is 0.740. The molecule has 0 radical (unpaired) electrons. The van der Waals surface area contributed by atoms with Gasteiger partial charge in [-0.2, -0.15) is 0 Å². The maximum Gasteiger partial charge on any atom is 0.157 e. The molecule has 0 amide bonds. The second-order valence-corrected chi connectivity index (χ2v) is 4.71. The molecule has 78 valence electrons. The SMILES string of the molecule is O=C1C=C(S)CC(c2ccccc2Cl)C1. The minimum Gasteiger partial charge on any atom is -0.295 e. The summed E-state index contributed by atoms with van der Waals surface area (Å²) >= 11 is 10.4. The molecule has 1 aromatic carbocycles. The van der Waals surface area contributed by atoms with Gasteiger partial charge in [0.1, 0.15) is 0 Å². The first-order valence-corrected chi connectivity index (χ1v) is 5.66. The Hall–Kier alpha value is -0.730. The minimum absolute atomic E-state index is 0.135. The van der Waals surface area contributed by atoms with E-state index in [1.54, 1.807) is 6.08 Å². The summed E-state index contributed by atoms with van der Waals surface area (Å²) in [7, 11) is 0. The van der Waals surface area contributed by atoms with Crippen LogP contribution in [0.15, 0.2) is 35.2 Å². The number of rotatable bonds is 1. The van der Waals surface area contributed by atoms with Crippen LogP contribution in [0.3, 0.4) is 0 Å². The number of halogens is 1. The number of carbonyl (C=O) groups is 1. The van der Waals surface area contributed by atoms with E-state index in [1.165, 1.54) is 0 Å². The van der Waals surface area contributed by atoms with Gasteiger partial charge >= 0.3 is 0 Å². The van der Waals surface area contributed by atoms with Crippen molar-refractivity contribution < 1.29 is 4.79 Å². The van der Waals surface area contributed by atoms with E-state index in [4.69, 9.17) is 11.6 Å². The highest BCUT2D eigenvalue weighted by Crippen LogP contribution is 2.35. The monoisotopic (exact) mass is 238 g/mol. The zero-order valence-corrected chi connectivity index (χ0v) is 9.76. The van der Waals surface area contributed by atoms with Crippen LogP contribution in [0.1, 0.15) is 24.3 Å². The molecule has 0 saturated heterocycles. The Balaban J connectivity index is 2.30. The maximum absolute atomic E-state index is 11.4. The molecule has 0 aromatic heterocycles. The summed E-state index contributed by atoms with van der Waals surface area (Å²) in [6, 6.07) is 7.68. The van der Waals surface area contributed by atoms with Crippen molar-refractivity contribution in [1.29, 1.82) is 0 Å². The van der Waals surface area contributed by atoms with E-state index in [2.05, 4.69) is 12.6 Å². The highest BCUT2D eigenvalue weighted by atomic mass is 35.5. The first-order valence-electron chi connectivity index (χ1n) is 4.83. The standard InChI is InChI=1S/C12H11ClOS/c13-12-4-2-1-3-11(12)8-5-9(14)7-10(15)6-8/h1-4,7-8,15H,5-6H2. The van der Waals surface area contributed by atoms with Gasteiger partial charge in [-0.1, -0.05) is 29.8 Å². The maximum atomic E-state index is 11.4. The lowest BCUT2D eigenvalue weighted by Crippen LogP contribution is -2.11. The fraction of sp³-hybridized carbons (Fsp3) is 0.250. The van der Waals surface area contributed by atoms with Crippen molar-refractivity contribution in [3.05, 3.63) is 45.8 Å². The Kier molecular flexibility index (Phi) is 3.17. The third-order valence-corrected chi connectivity index (χ3v) is 3.23. The van der Waals surface area contributed by atoms with E-state index in [1.807, 2.05) is 24.3 Å². The molecular weight excluding hydrogens is 228 g/mol. The van der Waals surface area contributed by atoms with Crippen LogP contribution < -0.4 is 0 Å². The molecule has 2 rings (SSSR count). The molecule has 0 N–H and O–H groups in total. The summed E-state index contributed by atoms with van der Waals surface area (Å²) in [6.45, 7) is 0. The molecule has 1 nitrogen and oxygen atoms in total. The molecule has 1 aliphatic carbocycles. The Morgan fingerprint density at radius 2 is 2.00 bits per heavy atom. The number of hydrogen-bond donors (Lipinski definition) is 1. The molecule has 0 spiro atoms. The van der Waals surface area contributed by atoms with Crippen LogP contribution in [0, 0.1) is 0 Å². The molecule has 0 bridgehead atoms. The van der Waals surface area contributed by atoms with Gasteiger partial charge in [0.05, 0.1) is 0 Å². The summed E-state index contributed by atoms with van der Waals surface area (Å²) in [4.78, 5) is 12.2. The van der Waals surface area contributed by atoms with Gasteiger partial charge in [-0.15, -0.1) is 12.6 Å². The highest BCUT2D eigenvalue weighted by Gasteiger charge is 2.22. The molecule has 1 unspecified atom stereocenters. The third-order valence-electron chi connectivity index (χ3n) is 2.58. The lowest BCUT2D eigenvalue weighted by atomic mass is 9.87. The van der Waals surface area contributed by atoms with E-state index >= 15 is 0 Å². The van der Waals surface area contributed by atoms with Crippen molar-refractivity contribution in [3.63, 3.8) is 0 Å². The smallest absolute Gasteiger partial charge is 0.157 e. The largest absolute Gasteiger partial charge is 0.295 e. The van der Waals surface area contributed by atoms with Crippen molar-refractivity contribution in [1.82, 2.24) is 0 Å². The van der Waals surface area contributed by atoms with E-state index in [9.17, 15) is 4.79 Å². The zero-order chi connectivity index (χ0) is 10.8. The fourth-order valence-electron chi connectivity index (χ4n) is 1.90. The molecule has 1 atom stereocenters. The summed E-state index contributed by atoms with van der Waals surface area (Å²) in [5, 5.41) is 0.735. The first-order chi connectivity index (χ1) is 7.16. The first kappa shape index (κ1) is 10.8. The van der Waals surface area contributed by atoms with Gasteiger partial charge in [0.15, 0.2) is 5.78 Å². The Labute approximate surface area is 99.5 Å². The van der Waals surface area contributed by atoms with Crippen LogP contribution in [0.2, 0.25) is 5.02 Å². The Morgan fingerprint density at radius 3 is 2.67 bits per heavy atom. The van der Waals surface area contributed by atoms with Gasteiger partial charge in [0.2, 0.25) is 0 Å². The highest BCUT2D eigenvalue weighted by molar-refractivity contribution is 7.84. The average Bonchev–Trinajstić information content (AvgIpc) is 2.16. The van der Waals surface area contributed by atoms with E-state index < -0.39 is 0 Å². The van der Waals surface area contributed by atoms with Gasteiger partial charge in [-0.05, 0) is 34.9 Å². The number of thiol groups is 1. The van der Waals surface area contributed by atoms with Crippen LogP contribution in [-0.4, -0.2) is 5.78 Å². The predicted octanol–water partition coefficient (Wildman–Crippen LogP) is 3.60. The predicted molar refractivity (Wildman–Crippen MR) is 65.5 cm³/mol. The zero-order valence-electron chi connectivity index (χ0n) is 8.11. The molecule has 0 heterocycles. The number of allylic oxidation sites excluding steroid dienone is 2. The Bertz CT molecular complexity index is 425. The topological polar surface area (TPSA) is 17.1 Å².